The molecule has 4 rings (SSSR count). The van der Waals surface area contributed by atoms with Crippen LogP contribution in [0.3, 0.4) is 0 Å². The van der Waals surface area contributed by atoms with Gasteiger partial charge in [0, 0.05) is 5.92 Å². The maximum atomic E-state index is 12.7. The number of fused-ring (bicyclic) bond motifs is 1. The van der Waals surface area contributed by atoms with Gasteiger partial charge in [-0.3, -0.25) is 4.79 Å². The number of hydrogen-bond acceptors (Lipinski definition) is 3. The monoisotopic (exact) mass is 380 g/mol. The zero-order valence-corrected chi connectivity index (χ0v) is 15.7. The lowest BCUT2D eigenvalue weighted by molar-refractivity contribution is -0.141. The number of nitrogens with zero attached hydrogens (tertiary/aromatic N) is 2. The van der Waals surface area contributed by atoms with Gasteiger partial charge in [-0.2, -0.15) is 4.99 Å². The first-order valence-corrected chi connectivity index (χ1v) is 9.88. The molecular formula is C21H20N2O3S. The Morgan fingerprint density at radius 3 is 2.59 bits per heavy atom. The summed E-state index contributed by atoms with van der Waals surface area (Å²) >= 11 is 1.37. The third-order valence-electron chi connectivity index (χ3n) is 5.06. The van der Waals surface area contributed by atoms with E-state index in [1.807, 2.05) is 61.5 Å². The van der Waals surface area contributed by atoms with Crippen LogP contribution in [0.4, 0.5) is 0 Å². The van der Waals surface area contributed by atoms with Gasteiger partial charge < -0.3 is 9.67 Å². The van der Waals surface area contributed by atoms with Crippen LogP contribution in [0.25, 0.3) is 10.2 Å². The molecule has 1 heterocycles. The molecule has 1 aromatic heterocycles. The summed E-state index contributed by atoms with van der Waals surface area (Å²) in [5.74, 6) is -0.976. The summed E-state index contributed by atoms with van der Waals surface area (Å²) < 4.78 is 2.62. The summed E-state index contributed by atoms with van der Waals surface area (Å²) in [7, 11) is 0. The van der Waals surface area contributed by atoms with Crippen molar-refractivity contribution >= 4 is 33.4 Å². The smallest absolute Gasteiger partial charge is 0.326 e. The first-order valence-electron chi connectivity index (χ1n) is 9.06. The van der Waals surface area contributed by atoms with Crippen molar-refractivity contribution in [3.8, 4) is 0 Å². The van der Waals surface area contributed by atoms with Crippen LogP contribution in [0.5, 0.6) is 0 Å². The summed E-state index contributed by atoms with van der Waals surface area (Å²) in [5.41, 5.74) is 1.96. The fourth-order valence-corrected chi connectivity index (χ4v) is 4.63. The molecule has 1 aliphatic rings. The third kappa shape index (κ3) is 3.32. The molecule has 0 bridgehead atoms. The largest absolute Gasteiger partial charge is 0.480 e. The maximum Gasteiger partial charge on any atom is 0.326 e. The van der Waals surface area contributed by atoms with E-state index in [-0.39, 0.29) is 17.7 Å². The molecule has 1 N–H and O–H groups in total. The Kier molecular flexibility index (Phi) is 4.66. The number of carboxylic acids is 1. The number of rotatable bonds is 5. The molecule has 1 fully saturated rings. The van der Waals surface area contributed by atoms with E-state index >= 15 is 0 Å². The number of aromatic nitrogens is 1. The lowest BCUT2D eigenvalue weighted by atomic mass is 10.1. The molecular weight excluding hydrogens is 360 g/mol. The van der Waals surface area contributed by atoms with Crippen molar-refractivity contribution in [2.24, 2.45) is 10.9 Å². The Labute approximate surface area is 160 Å². The van der Waals surface area contributed by atoms with Crippen LogP contribution in [-0.2, 0) is 9.59 Å². The molecule has 138 valence electrons. The van der Waals surface area contributed by atoms with Crippen molar-refractivity contribution in [2.45, 2.75) is 31.7 Å². The van der Waals surface area contributed by atoms with Crippen LogP contribution in [0.1, 0.15) is 37.3 Å². The van der Waals surface area contributed by atoms with Gasteiger partial charge >= 0.3 is 5.97 Å². The second kappa shape index (κ2) is 7.12. The predicted octanol–water partition coefficient (Wildman–Crippen LogP) is 3.97. The van der Waals surface area contributed by atoms with Crippen LogP contribution in [0.15, 0.2) is 59.6 Å². The van der Waals surface area contributed by atoms with Crippen LogP contribution in [-0.4, -0.2) is 21.6 Å². The number of benzene rings is 2. The minimum absolute atomic E-state index is 0.115. The number of para-hydroxylation sites is 1. The Bertz CT molecular complexity index is 1070. The number of aliphatic carboxylic acids is 1. The number of hydrogen-bond donors (Lipinski definition) is 1. The van der Waals surface area contributed by atoms with Crippen LogP contribution >= 0.6 is 11.3 Å². The molecule has 0 saturated heterocycles. The average molecular weight is 380 g/mol. The molecule has 0 spiro atoms. The van der Waals surface area contributed by atoms with Crippen LogP contribution in [0.2, 0.25) is 0 Å². The molecule has 1 saturated carbocycles. The quantitative estimate of drug-likeness (QED) is 0.728. The van der Waals surface area contributed by atoms with E-state index in [4.69, 9.17) is 0 Å². The summed E-state index contributed by atoms with van der Waals surface area (Å²) in [6.45, 7) is 1.83. The Morgan fingerprint density at radius 2 is 1.89 bits per heavy atom. The normalized spacial score (nSPS) is 20.6. The van der Waals surface area contributed by atoms with Crippen molar-refractivity contribution in [3.63, 3.8) is 0 Å². The second-order valence-corrected chi connectivity index (χ2v) is 7.80. The number of carbonyl (C=O) groups excluding carboxylic acids is 1. The molecule has 5 nitrogen and oxygen atoms in total. The fraction of sp³-hybridized carbons (Fsp3) is 0.286. The van der Waals surface area contributed by atoms with Gasteiger partial charge in [-0.25, -0.2) is 4.79 Å². The van der Waals surface area contributed by atoms with E-state index in [9.17, 15) is 14.7 Å². The van der Waals surface area contributed by atoms with Crippen molar-refractivity contribution < 1.29 is 14.7 Å². The average Bonchev–Trinajstić information content (AvgIpc) is 3.41. The minimum Gasteiger partial charge on any atom is -0.480 e. The highest BCUT2D eigenvalue weighted by Crippen LogP contribution is 2.48. The van der Waals surface area contributed by atoms with Crippen molar-refractivity contribution in [1.29, 1.82) is 0 Å². The van der Waals surface area contributed by atoms with E-state index in [0.29, 0.717) is 11.2 Å². The van der Waals surface area contributed by atoms with Gasteiger partial charge in [0.05, 0.1) is 10.2 Å². The first kappa shape index (κ1) is 17.7. The Morgan fingerprint density at radius 1 is 1.19 bits per heavy atom. The van der Waals surface area contributed by atoms with Gasteiger partial charge in [-0.15, -0.1) is 0 Å². The number of carboxylic acid groups (broad SMARTS) is 1. The second-order valence-electron chi connectivity index (χ2n) is 6.79. The number of amides is 1. The topological polar surface area (TPSA) is 71.7 Å². The molecule has 1 amide bonds. The highest BCUT2D eigenvalue weighted by molar-refractivity contribution is 7.16. The molecule has 0 radical (unpaired) electrons. The van der Waals surface area contributed by atoms with E-state index in [1.54, 1.807) is 4.57 Å². The molecule has 3 aromatic rings. The highest BCUT2D eigenvalue weighted by atomic mass is 32.1. The maximum absolute atomic E-state index is 12.7. The first-order chi connectivity index (χ1) is 13.1. The van der Waals surface area contributed by atoms with Crippen molar-refractivity contribution in [2.75, 3.05) is 0 Å². The van der Waals surface area contributed by atoms with E-state index < -0.39 is 12.0 Å². The minimum atomic E-state index is -0.913. The fourth-order valence-electron chi connectivity index (χ4n) is 3.55. The lowest BCUT2D eigenvalue weighted by Crippen LogP contribution is -2.27. The summed E-state index contributed by atoms with van der Waals surface area (Å²) in [4.78, 5) is 29.3. The summed E-state index contributed by atoms with van der Waals surface area (Å²) in [6, 6.07) is 16.8. The van der Waals surface area contributed by atoms with Gasteiger partial charge in [-0.05, 0) is 36.5 Å². The molecule has 1 aliphatic carbocycles. The number of carbonyl (C=O) groups is 2. The molecule has 3 atom stereocenters. The van der Waals surface area contributed by atoms with Crippen LogP contribution in [0, 0.1) is 5.92 Å². The van der Waals surface area contributed by atoms with E-state index in [1.165, 1.54) is 11.3 Å². The zero-order valence-electron chi connectivity index (χ0n) is 14.9. The highest BCUT2D eigenvalue weighted by Gasteiger charge is 2.44. The van der Waals surface area contributed by atoms with Gasteiger partial charge in [0.2, 0.25) is 0 Å². The SMILES string of the molecule is CCC(C(=O)O)n1c(=NC(=O)C2CC2c2ccccc2)sc2ccccc21. The summed E-state index contributed by atoms with van der Waals surface area (Å²) in [5, 5.41) is 9.63. The summed E-state index contributed by atoms with van der Waals surface area (Å²) in [6.07, 6.45) is 1.22. The van der Waals surface area contributed by atoms with E-state index in [2.05, 4.69) is 4.99 Å². The predicted molar refractivity (Wildman–Crippen MR) is 105 cm³/mol. The molecule has 27 heavy (non-hydrogen) atoms. The van der Waals surface area contributed by atoms with Gasteiger partial charge in [-0.1, -0.05) is 60.7 Å². The Balaban J connectivity index is 1.73. The third-order valence-corrected chi connectivity index (χ3v) is 6.09. The van der Waals surface area contributed by atoms with Gasteiger partial charge in [0.1, 0.15) is 6.04 Å². The van der Waals surface area contributed by atoms with Crippen molar-refractivity contribution in [3.05, 3.63) is 65.0 Å². The molecule has 2 aromatic carbocycles. The molecule has 0 aliphatic heterocycles. The lowest BCUT2D eigenvalue weighted by Gasteiger charge is -2.13. The van der Waals surface area contributed by atoms with Gasteiger partial charge in [0.15, 0.2) is 4.80 Å². The van der Waals surface area contributed by atoms with Gasteiger partial charge in [0.25, 0.3) is 5.91 Å². The molecule has 3 unspecified atom stereocenters. The Hall–Kier alpha value is -2.73. The van der Waals surface area contributed by atoms with E-state index in [0.717, 1.165) is 22.2 Å². The zero-order chi connectivity index (χ0) is 19.0. The standard InChI is InChI=1S/C21H20N2O3S/c1-2-16(20(25)26)23-17-10-6-7-11-18(17)27-21(23)22-19(24)15-12-14(15)13-8-4-3-5-9-13/h3-11,14-16H,2,12H2,1H3,(H,25,26). The van der Waals surface area contributed by atoms with Crippen molar-refractivity contribution in [1.82, 2.24) is 4.57 Å². The molecule has 6 heteroatoms. The number of thiazole rings is 1. The van der Waals surface area contributed by atoms with Crippen LogP contribution < -0.4 is 4.80 Å².